The third kappa shape index (κ3) is 4.70. The van der Waals surface area contributed by atoms with Gasteiger partial charge in [-0.2, -0.15) is 0 Å². The Kier molecular flexibility index (Phi) is 8.59. The van der Waals surface area contributed by atoms with Crippen molar-refractivity contribution in [2.75, 3.05) is 38.2 Å². The highest BCUT2D eigenvalue weighted by Gasteiger charge is 2.80. The van der Waals surface area contributed by atoms with Gasteiger partial charge in [0.05, 0.1) is 28.1 Å². The van der Waals surface area contributed by atoms with Crippen LogP contribution in [0.25, 0.3) is 0 Å². The molecule has 8 nitrogen and oxygen atoms in total. The fourth-order valence-corrected chi connectivity index (χ4v) is 7.22. The van der Waals surface area contributed by atoms with Gasteiger partial charge in [0.25, 0.3) is 5.91 Å². The van der Waals surface area contributed by atoms with E-state index in [2.05, 4.69) is 13.2 Å². The number of unbranched alkanes of at least 4 members (excludes halogenated alkanes) is 2. The Labute approximate surface area is 236 Å². The lowest BCUT2D eigenvalue weighted by molar-refractivity contribution is -0.150. The molecule has 6 atom stereocenters. The number of likely N-dealkylation sites (N-methyl/N-ethyl adjacent to an activating group) is 1. The number of benzene rings is 1. The molecule has 3 saturated heterocycles. The van der Waals surface area contributed by atoms with Crippen LogP contribution in [0.15, 0.2) is 49.6 Å². The molecule has 0 aromatic heterocycles. The van der Waals surface area contributed by atoms with E-state index in [-0.39, 0.29) is 36.8 Å². The van der Waals surface area contributed by atoms with E-state index in [1.165, 1.54) is 0 Å². The number of anilines is 1. The van der Waals surface area contributed by atoms with Crippen LogP contribution in [-0.4, -0.2) is 83.2 Å². The first-order chi connectivity index (χ1) is 18.6. The number of aliphatic hydroxyl groups excluding tert-OH is 1. The third-order valence-corrected chi connectivity index (χ3v) is 9.19. The summed E-state index contributed by atoms with van der Waals surface area (Å²) in [5, 5.41) is 9.68. The van der Waals surface area contributed by atoms with Crippen molar-refractivity contribution in [3.05, 3.63) is 54.6 Å². The van der Waals surface area contributed by atoms with Gasteiger partial charge in [-0.1, -0.05) is 42.8 Å². The summed E-state index contributed by atoms with van der Waals surface area (Å²) in [4.78, 5) is 47.4. The van der Waals surface area contributed by atoms with E-state index in [1.54, 1.807) is 52.1 Å². The zero-order valence-corrected chi connectivity index (χ0v) is 23.9. The van der Waals surface area contributed by atoms with Crippen molar-refractivity contribution in [1.82, 2.24) is 9.80 Å². The molecule has 2 bridgehead atoms. The molecule has 3 amide bonds. The van der Waals surface area contributed by atoms with Crippen molar-refractivity contribution in [1.29, 1.82) is 0 Å². The maximum Gasteiger partial charge on any atom is 0.253 e. The Balaban J connectivity index is 1.81. The van der Waals surface area contributed by atoms with Crippen LogP contribution in [0.2, 0.25) is 5.02 Å². The number of amides is 3. The standard InChI is InChI=1S/C30H40ClN3O5/c1-6-15-32(5)26(36)23-24-27(37)34(17-11-8-12-18-35)25(30(24)19-20(3)29(23,4)39-30)28(38)33(16-7-2)22-14-10-9-13-21(22)31/h6-7,9-10,13-14,20,23-25,35H,1-2,8,11-12,15-19H2,3-5H3/t20?,23-,24+,25?,29+,30?/m1/s1. The molecule has 1 aromatic rings. The van der Waals surface area contributed by atoms with Crippen LogP contribution in [0.1, 0.15) is 39.5 Å². The number of para-hydroxylation sites is 1. The predicted molar refractivity (Wildman–Crippen MR) is 151 cm³/mol. The first-order valence-electron chi connectivity index (χ1n) is 13.7. The van der Waals surface area contributed by atoms with Gasteiger partial charge >= 0.3 is 0 Å². The zero-order chi connectivity index (χ0) is 28.5. The highest BCUT2D eigenvalue weighted by molar-refractivity contribution is 6.34. The molecule has 1 N–H and O–H groups in total. The van der Waals surface area contributed by atoms with Crippen molar-refractivity contribution in [3.8, 4) is 0 Å². The number of aliphatic hydroxyl groups is 1. The SMILES string of the molecule is C=CCN(C)C(=O)[C@H]1[C@H]2C(=O)N(CCCCCO)C(C(=O)N(CC=C)c3ccccc3Cl)C23CC(C)[C@]1(C)O3. The Morgan fingerprint density at radius 3 is 2.51 bits per heavy atom. The molecule has 0 radical (unpaired) electrons. The largest absolute Gasteiger partial charge is 0.396 e. The van der Waals surface area contributed by atoms with Gasteiger partial charge in [0.2, 0.25) is 11.8 Å². The van der Waals surface area contributed by atoms with Crippen molar-refractivity contribution in [2.24, 2.45) is 17.8 Å². The van der Waals surface area contributed by atoms with Gasteiger partial charge in [0.1, 0.15) is 11.6 Å². The maximum absolute atomic E-state index is 14.6. The summed E-state index contributed by atoms with van der Waals surface area (Å²) in [5.41, 5.74) is -1.50. The van der Waals surface area contributed by atoms with Crippen molar-refractivity contribution in [2.45, 2.75) is 56.8 Å². The van der Waals surface area contributed by atoms with Gasteiger partial charge in [0.15, 0.2) is 0 Å². The Bertz CT molecular complexity index is 1140. The van der Waals surface area contributed by atoms with Gasteiger partial charge in [0, 0.05) is 33.3 Å². The summed E-state index contributed by atoms with van der Waals surface area (Å²) in [6, 6.07) is 6.17. The van der Waals surface area contributed by atoms with E-state index >= 15 is 0 Å². The lowest BCUT2D eigenvalue weighted by Crippen LogP contribution is -2.57. The number of halogens is 1. The van der Waals surface area contributed by atoms with Crippen LogP contribution in [-0.2, 0) is 19.1 Å². The first kappa shape index (κ1) is 29.3. The average Bonchev–Trinajstić information content (AvgIpc) is 3.41. The minimum absolute atomic E-state index is 0.0505. The molecule has 0 saturated carbocycles. The molecular formula is C30H40ClN3O5. The molecule has 3 aliphatic rings. The second kappa shape index (κ2) is 11.4. The average molecular weight is 558 g/mol. The van der Waals surface area contributed by atoms with E-state index < -0.39 is 29.1 Å². The van der Waals surface area contributed by atoms with Gasteiger partial charge in [-0.15, -0.1) is 13.2 Å². The number of ether oxygens (including phenoxy) is 1. The Morgan fingerprint density at radius 2 is 1.87 bits per heavy atom. The van der Waals surface area contributed by atoms with E-state index in [4.69, 9.17) is 16.3 Å². The van der Waals surface area contributed by atoms with E-state index in [1.807, 2.05) is 19.9 Å². The lowest BCUT2D eigenvalue weighted by atomic mass is 9.62. The Hall–Kier alpha value is -2.68. The number of likely N-dealkylation sites (tertiary alicyclic amines) is 1. The summed E-state index contributed by atoms with van der Waals surface area (Å²) in [6.45, 7) is 12.5. The number of carbonyl (C=O) groups excluding carboxylic acids is 3. The summed E-state index contributed by atoms with van der Waals surface area (Å²) >= 11 is 6.53. The summed E-state index contributed by atoms with van der Waals surface area (Å²) in [7, 11) is 1.70. The number of hydrogen-bond acceptors (Lipinski definition) is 5. The lowest BCUT2D eigenvalue weighted by Gasteiger charge is -2.38. The Morgan fingerprint density at radius 1 is 1.18 bits per heavy atom. The van der Waals surface area contributed by atoms with E-state index in [9.17, 15) is 19.5 Å². The van der Waals surface area contributed by atoms with Crippen LogP contribution in [0.3, 0.4) is 0 Å². The van der Waals surface area contributed by atoms with Gasteiger partial charge in [-0.3, -0.25) is 14.4 Å². The van der Waals surface area contributed by atoms with Crippen molar-refractivity contribution < 1.29 is 24.2 Å². The number of carbonyl (C=O) groups is 3. The minimum Gasteiger partial charge on any atom is -0.396 e. The molecule has 3 unspecified atom stereocenters. The van der Waals surface area contributed by atoms with Crippen molar-refractivity contribution in [3.63, 3.8) is 0 Å². The maximum atomic E-state index is 14.6. The number of hydrogen-bond donors (Lipinski definition) is 1. The third-order valence-electron chi connectivity index (χ3n) is 8.87. The fraction of sp³-hybridized carbons (Fsp3) is 0.567. The molecular weight excluding hydrogens is 518 g/mol. The molecule has 4 rings (SSSR count). The summed E-state index contributed by atoms with van der Waals surface area (Å²) < 4.78 is 6.82. The van der Waals surface area contributed by atoms with Crippen LogP contribution in [0.5, 0.6) is 0 Å². The predicted octanol–water partition coefficient (Wildman–Crippen LogP) is 3.68. The van der Waals surface area contributed by atoms with E-state index in [0.717, 1.165) is 0 Å². The summed E-state index contributed by atoms with van der Waals surface area (Å²) in [5.74, 6) is -2.25. The van der Waals surface area contributed by atoms with Crippen LogP contribution < -0.4 is 4.90 Å². The van der Waals surface area contributed by atoms with Crippen molar-refractivity contribution >= 4 is 35.0 Å². The molecule has 39 heavy (non-hydrogen) atoms. The topological polar surface area (TPSA) is 90.4 Å². The number of fused-ring (bicyclic) bond motifs is 1. The highest BCUT2D eigenvalue weighted by atomic mass is 35.5. The number of rotatable bonds is 12. The monoisotopic (exact) mass is 557 g/mol. The van der Waals surface area contributed by atoms with Crippen LogP contribution in [0, 0.1) is 17.8 Å². The molecule has 3 aliphatic heterocycles. The molecule has 212 valence electrons. The molecule has 9 heteroatoms. The van der Waals surface area contributed by atoms with Gasteiger partial charge in [-0.25, -0.2) is 0 Å². The molecule has 0 aliphatic carbocycles. The number of nitrogens with zero attached hydrogens (tertiary/aromatic N) is 3. The molecule has 1 aromatic carbocycles. The quantitative estimate of drug-likeness (QED) is 0.313. The molecule has 3 fully saturated rings. The van der Waals surface area contributed by atoms with E-state index in [0.29, 0.717) is 49.5 Å². The second-order valence-corrected chi connectivity index (χ2v) is 11.6. The second-order valence-electron chi connectivity index (χ2n) is 11.2. The van der Waals surface area contributed by atoms with Crippen LogP contribution >= 0.6 is 11.6 Å². The van der Waals surface area contributed by atoms with Gasteiger partial charge < -0.3 is 24.5 Å². The fourth-order valence-electron chi connectivity index (χ4n) is 6.98. The van der Waals surface area contributed by atoms with Crippen LogP contribution in [0.4, 0.5) is 5.69 Å². The highest BCUT2D eigenvalue weighted by Crippen LogP contribution is 2.65. The van der Waals surface area contributed by atoms with Gasteiger partial charge in [-0.05, 0) is 50.7 Å². The normalized spacial score (nSPS) is 30.8. The first-order valence-corrected chi connectivity index (χ1v) is 14.1. The zero-order valence-electron chi connectivity index (χ0n) is 23.1. The molecule has 1 spiro atoms. The minimum atomic E-state index is -1.14. The summed E-state index contributed by atoms with van der Waals surface area (Å²) in [6.07, 6.45) is 5.71. The molecule has 3 heterocycles. The smallest absolute Gasteiger partial charge is 0.253 e.